The van der Waals surface area contributed by atoms with Gasteiger partial charge < -0.3 is 14.6 Å². The maximum Gasteiger partial charge on any atom is 0.350 e. The number of aromatic nitrogens is 2. The second kappa shape index (κ2) is 9.79. The van der Waals surface area contributed by atoms with Crippen molar-refractivity contribution in [2.75, 3.05) is 19.5 Å². The molecule has 170 valence electrons. The van der Waals surface area contributed by atoms with Crippen LogP contribution in [0.5, 0.6) is 0 Å². The highest BCUT2D eigenvalue weighted by atomic mass is 32.1. The van der Waals surface area contributed by atoms with Gasteiger partial charge in [0, 0.05) is 23.9 Å². The average Bonchev–Trinajstić information content (AvgIpc) is 3.36. The molecule has 0 atom stereocenters. The smallest absolute Gasteiger partial charge is 0.350 e. The van der Waals surface area contributed by atoms with Crippen LogP contribution in [0.2, 0.25) is 0 Å². The number of anilines is 1. The minimum Gasteiger partial charge on any atom is -0.465 e. The Morgan fingerprint density at radius 3 is 2.72 bits per heavy atom. The number of rotatable bonds is 7. The number of hydrogen-bond acceptors (Lipinski definition) is 8. The number of fused-ring (bicyclic) bond motifs is 1. The Labute approximate surface area is 190 Å². The molecule has 9 heteroatoms. The predicted molar refractivity (Wildman–Crippen MR) is 123 cm³/mol. The van der Waals surface area contributed by atoms with Crippen molar-refractivity contribution < 1.29 is 18.8 Å². The first-order chi connectivity index (χ1) is 15.4. The van der Waals surface area contributed by atoms with E-state index in [1.54, 1.807) is 0 Å². The maximum atomic E-state index is 12.9. The number of carbonyl (C=O) groups is 2. The van der Waals surface area contributed by atoms with Crippen molar-refractivity contribution in [3.8, 4) is 0 Å². The van der Waals surface area contributed by atoms with Gasteiger partial charge in [0.15, 0.2) is 5.76 Å². The van der Waals surface area contributed by atoms with Crippen LogP contribution in [-0.4, -0.2) is 41.1 Å². The van der Waals surface area contributed by atoms with Gasteiger partial charge in [0.05, 0.1) is 30.7 Å². The standard InChI is InChI=1S/C23H28N4O4S/c1-14-11-17(31-26-14)13-27(2)12-16-9-10-18-19(20(23(29)30-3)32-22(18)24-16)25-21(28)15-7-5-4-6-8-15/h9-11,15H,4-8,12-13H2,1-3H3,(H,25,28). The Bertz CT molecular complexity index is 1120. The molecule has 3 aromatic rings. The van der Waals surface area contributed by atoms with Crippen molar-refractivity contribution in [2.24, 2.45) is 5.92 Å². The molecule has 8 nitrogen and oxygen atoms in total. The van der Waals surface area contributed by atoms with E-state index < -0.39 is 5.97 Å². The normalized spacial score (nSPS) is 14.8. The van der Waals surface area contributed by atoms with E-state index in [1.165, 1.54) is 24.9 Å². The summed E-state index contributed by atoms with van der Waals surface area (Å²) in [4.78, 5) is 33.2. The lowest BCUT2D eigenvalue weighted by Crippen LogP contribution is -2.25. The summed E-state index contributed by atoms with van der Waals surface area (Å²) < 4.78 is 10.3. The fourth-order valence-corrected chi connectivity index (χ4v) is 5.21. The number of pyridine rings is 1. The predicted octanol–water partition coefficient (Wildman–Crippen LogP) is 4.53. The van der Waals surface area contributed by atoms with E-state index in [2.05, 4.69) is 15.4 Å². The van der Waals surface area contributed by atoms with Crippen LogP contribution in [0, 0.1) is 12.8 Å². The molecule has 3 aromatic heterocycles. The summed E-state index contributed by atoms with van der Waals surface area (Å²) in [5.74, 6) is 0.291. The third-order valence-corrected chi connectivity index (χ3v) is 6.82. The van der Waals surface area contributed by atoms with Gasteiger partial charge in [0.2, 0.25) is 5.91 Å². The highest BCUT2D eigenvalue weighted by Crippen LogP contribution is 2.36. The fraction of sp³-hybridized carbons (Fsp3) is 0.478. The van der Waals surface area contributed by atoms with Gasteiger partial charge in [-0.05, 0) is 38.9 Å². The molecule has 4 rings (SSSR count). The van der Waals surface area contributed by atoms with Gasteiger partial charge in [0.1, 0.15) is 9.71 Å². The number of ether oxygens (including phenoxy) is 1. The number of methoxy groups -OCH3 is 1. The van der Waals surface area contributed by atoms with Crippen LogP contribution in [0.1, 0.15) is 58.9 Å². The van der Waals surface area contributed by atoms with Gasteiger partial charge in [-0.3, -0.25) is 9.69 Å². The summed E-state index contributed by atoms with van der Waals surface area (Å²) in [6.45, 7) is 3.11. The summed E-state index contributed by atoms with van der Waals surface area (Å²) >= 11 is 1.25. The lowest BCUT2D eigenvalue weighted by Gasteiger charge is -2.20. The van der Waals surface area contributed by atoms with Gasteiger partial charge >= 0.3 is 5.97 Å². The number of nitrogens with zero attached hydrogens (tertiary/aromatic N) is 3. The molecule has 1 amide bonds. The molecule has 1 saturated carbocycles. The molecule has 1 aliphatic carbocycles. The monoisotopic (exact) mass is 456 g/mol. The molecule has 3 heterocycles. The van der Waals surface area contributed by atoms with E-state index >= 15 is 0 Å². The third kappa shape index (κ3) is 4.99. The molecule has 1 aliphatic rings. The summed E-state index contributed by atoms with van der Waals surface area (Å²) in [5.41, 5.74) is 2.22. The number of carbonyl (C=O) groups excluding carboxylic acids is 2. The van der Waals surface area contributed by atoms with Crippen molar-refractivity contribution >= 4 is 39.1 Å². The first-order valence-corrected chi connectivity index (χ1v) is 11.7. The summed E-state index contributed by atoms with van der Waals surface area (Å²) in [6, 6.07) is 5.76. The second-order valence-electron chi connectivity index (χ2n) is 8.38. The second-order valence-corrected chi connectivity index (χ2v) is 9.38. The summed E-state index contributed by atoms with van der Waals surface area (Å²) in [7, 11) is 3.33. The van der Waals surface area contributed by atoms with Crippen molar-refractivity contribution in [1.29, 1.82) is 0 Å². The van der Waals surface area contributed by atoms with E-state index in [9.17, 15) is 9.59 Å². The number of amides is 1. The van der Waals surface area contributed by atoms with Crippen molar-refractivity contribution in [1.82, 2.24) is 15.0 Å². The highest BCUT2D eigenvalue weighted by molar-refractivity contribution is 7.21. The zero-order valence-corrected chi connectivity index (χ0v) is 19.5. The van der Waals surface area contributed by atoms with Crippen molar-refractivity contribution in [2.45, 2.75) is 52.1 Å². The quantitative estimate of drug-likeness (QED) is 0.522. The van der Waals surface area contributed by atoms with Crippen LogP contribution >= 0.6 is 11.3 Å². The molecule has 0 unspecified atom stereocenters. The van der Waals surface area contributed by atoms with Crippen molar-refractivity contribution in [3.63, 3.8) is 0 Å². The lowest BCUT2D eigenvalue weighted by atomic mass is 9.88. The number of hydrogen-bond donors (Lipinski definition) is 1. The topological polar surface area (TPSA) is 97.6 Å². The van der Waals surface area contributed by atoms with Crippen LogP contribution in [0.25, 0.3) is 10.2 Å². The molecule has 1 N–H and O–H groups in total. The van der Waals surface area contributed by atoms with E-state index in [0.717, 1.165) is 48.2 Å². The van der Waals surface area contributed by atoms with Gasteiger partial charge in [-0.1, -0.05) is 24.4 Å². The maximum absolute atomic E-state index is 12.9. The first-order valence-electron chi connectivity index (χ1n) is 10.9. The summed E-state index contributed by atoms with van der Waals surface area (Å²) in [6.07, 6.45) is 5.09. The molecule has 0 spiro atoms. The molecule has 0 aromatic carbocycles. The minimum absolute atomic E-state index is 0.00944. The molecule has 0 radical (unpaired) electrons. The first kappa shape index (κ1) is 22.4. The van der Waals surface area contributed by atoms with Gasteiger partial charge in [-0.15, -0.1) is 11.3 Å². The number of aryl methyl sites for hydroxylation is 1. The van der Waals surface area contributed by atoms with Crippen LogP contribution in [0.15, 0.2) is 22.7 Å². The van der Waals surface area contributed by atoms with Gasteiger partial charge in [0.25, 0.3) is 0 Å². The van der Waals surface area contributed by atoms with Crippen LogP contribution < -0.4 is 5.32 Å². The van der Waals surface area contributed by atoms with Crippen LogP contribution in [-0.2, 0) is 22.6 Å². The Kier molecular flexibility index (Phi) is 6.86. The van der Waals surface area contributed by atoms with Crippen molar-refractivity contribution in [3.05, 3.63) is 40.2 Å². The number of thiophene rings is 1. The zero-order valence-electron chi connectivity index (χ0n) is 18.6. The molecular weight excluding hydrogens is 428 g/mol. The van der Waals surface area contributed by atoms with E-state index in [4.69, 9.17) is 14.2 Å². The molecule has 32 heavy (non-hydrogen) atoms. The lowest BCUT2D eigenvalue weighted by molar-refractivity contribution is -0.120. The Morgan fingerprint density at radius 1 is 1.25 bits per heavy atom. The Hall–Kier alpha value is -2.78. The fourth-order valence-electron chi connectivity index (χ4n) is 4.14. The largest absolute Gasteiger partial charge is 0.465 e. The van der Waals surface area contributed by atoms with Crippen LogP contribution in [0.4, 0.5) is 5.69 Å². The minimum atomic E-state index is -0.466. The van der Waals surface area contributed by atoms with Crippen LogP contribution in [0.3, 0.4) is 0 Å². The molecule has 0 bridgehead atoms. The Morgan fingerprint density at radius 2 is 2.03 bits per heavy atom. The SMILES string of the molecule is COC(=O)c1sc2nc(CN(C)Cc3cc(C)no3)ccc2c1NC(=O)C1CCCCC1. The zero-order chi connectivity index (χ0) is 22.7. The molecule has 1 fully saturated rings. The third-order valence-electron chi connectivity index (χ3n) is 5.74. The van der Waals surface area contributed by atoms with Gasteiger partial charge in [-0.25, -0.2) is 9.78 Å². The summed E-state index contributed by atoms with van der Waals surface area (Å²) in [5, 5.41) is 7.69. The van der Waals surface area contributed by atoms with E-state index in [1.807, 2.05) is 32.2 Å². The number of esters is 1. The van der Waals surface area contributed by atoms with E-state index in [0.29, 0.717) is 28.5 Å². The molecule has 0 aliphatic heterocycles. The highest BCUT2D eigenvalue weighted by Gasteiger charge is 2.26. The molecule has 0 saturated heterocycles. The molecular formula is C23H28N4O4S. The number of nitrogens with one attached hydrogen (secondary N) is 1. The van der Waals surface area contributed by atoms with Gasteiger partial charge in [-0.2, -0.15) is 0 Å². The van der Waals surface area contributed by atoms with E-state index in [-0.39, 0.29) is 11.8 Å². The Balaban J connectivity index is 1.56. The average molecular weight is 457 g/mol.